The van der Waals surface area contributed by atoms with E-state index in [9.17, 15) is 4.21 Å². The summed E-state index contributed by atoms with van der Waals surface area (Å²) in [6, 6.07) is 0.539. The van der Waals surface area contributed by atoms with Crippen molar-refractivity contribution >= 4 is 10.8 Å². The maximum Gasteiger partial charge on any atom is 0.0501 e. The van der Waals surface area contributed by atoms with E-state index in [0.717, 1.165) is 18.2 Å². The zero-order valence-electron chi connectivity index (χ0n) is 11.1. The van der Waals surface area contributed by atoms with Gasteiger partial charge in [0.25, 0.3) is 0 Å². The molecule has 0 bridgehead atoms. The monoisotopic (exact) mass is 257 g/mol. The first kappa shape index (κ1) is 13.5. The predicted octanol–water partition coefficient (Wildman–Crippen LogP) is 2.85. The maximum atomic E-state index is 12.4. The third kappa shape index (κ3) is 3.78. The molecular weight excluding hydrogens is 230 g/mol. The highest BCUT2D eigenvalue weighted by molar-refractivity contribution is 7.85. The Morgan fingerprint density at radius 1 is 1.12 bits per heavy atom. The second-order valence-electron chi connectivity index (χ2n) is 5.73. The van der Waals surface area contributed by atoms with E-state index >= 15 is 0 Å². The minimum absolute atomic E-state index is 0.446. The van der Waals surface area contributed by atoms with E-state index < -0.39 is 10.8 Å². The van der Waals surface area contributed by atoms with Crippen LogP contribution in [0.2, 0.25) is 0 Å². The molecule has 1 N–H and O–H groups in total. The Kier molecular flexibility index (Phi) is 5.49. The Balaban J connectivity index is 1.80. The average molecular weight is 257 g/mol. The Morgan fingerprint density at radius 2 is 1.88 bits per heavy atom. The molecule has 0 radical (unpaired) electrons. The third-order valence-electron chi connectivity index (χ3n) is 4.32. The van der Waals surface area contributed by atoms with Gasteiger partial charge in [-0.2, -0.15) is 0 Å². The van der Waals surface area contributed by atoms with Crippen LogP contribution in [0.15, 0.2) is 0 Å². The van der Waals surface area contributed by atoms with Gasteiger partial charge >= 0.3 is 0 Å². The summed E-state index contributed by atoms with van der Waals surface area (Å²) < 4.78 is 12.4. The summed E-state index contributed by atoms with van der Waals surface area (Å²) in [6.07, 6.45) is 10.2. The molecule has 0 aromatic heterocycles. The minimum atomic E-state index is -0.581. The van der Waals surface area contributed by atoms with Crippen LogP contribution < -0.4 is 5.32 Å². The van der Waals surface area contributed by atoms with Crippen molar-refractivity contribution < 1.29 is 4.21 Å². The maximum absolute atomic E-state index is 12.4. The Bertz CT molecular complexity index is 251. The normalized spacial score (nSPS) is 32.1. The zero-order valence-corrected chi connectivity index (χ0v) is 11.9. The van der Waals surface area contributed by atoms with Gasteiger partial charge in [-0.1, -0.05) is 26.2 Å². The molecular formula is C14H27NOS. The highest BCUT2D eigenvalue weighted by Gasteiger charge is 2.32. The minimum Gasteiger partial charge on any atom is -0.313 e. The highest BCUT2D eigenvalue weighted by atomic mass is 32.2. The Hall–Kier alpha value is 0.110. The van der Waals surface area contributed by atoms with Crippen LogP contribution in [0.1, 0.15) is 58.3 Å². The fourth-order valence-corrected chi connectivity index (χ4v) is 5.41. The lowest BCUT2D eigenvalue weighted by atomic mass is 10.1. The van der Waals surface area contributed by atoms with Crippen LogP contribution in [0.25, 0.3) is 0 Å². The number of rotatable bonds is 6. The predicted molar refractivity (Wildman–Crippen MR) is 74.7 cm³/mol. The topological polar surface area (TPSA) is 29.1 Å². The molecule has 0 amide bonds. The van der Waals surface area contributed by atoms with Gasteiger partial charge in [-0.15, -0.1) is 0 Å². The van der Waals surface area contributed by atoms with Crippen molar-refractivity contribution in [3.63, 3.8) is 0 Å². The summed E-state index contributed by atoms with van der Waals surface area (Å²) in [6.45, 7) is 3.29. The molecule has 3 atom stereocenters. The second kappa shape index (κ2) is 6.89. The lowest BCUT2D eigenvalue weighted by Crippen LogP contribution is -2.39. The molecule has 3 heteroatoms. The summed E-state index contributed by atoms with van der Waals surface area (Å²) >= 11 is 0. The summed E-state index contributed by atoms with van der Waals surface area (Å²) in [4.78, 5) is 0. The van der Waals surface area contributed by atoms with Gasteiger partial charge in [0.15, 0.2) is 0 Å². The molecule has 2 rings (SSSR count). The van der Waals surface area contributed by atoms with Crippen LogP contribution in [-0.4, -0.2) is 27.8 Å². The van der Waals surface area contributed by atoms with E-state index in [1.165, 1.54) is 51.4 Å². The first-order chi connectivity index (χ1) is 8.31. The van der Waals surface area contributed by atoms with Crippen molar-refractivity contribution in [2.75, 3.05) is 12.3 Å². The molecule has 100 valence electrons. The standard InChI is InChI=1S/C14H27NOS/c1-2-10-15-13-8-5-9-14(13)17(16)11-12-6-3-4-7-12/h12-15H,2-11H2,1H3. The van der Waals surface area contributed by atoms with Gasteiger partial charge in [-0.25, -0.2) is 0 Å². The lowest BCUT2D eigenvalue weighted by molar-refractivity contribution is 0.519. The van der Waals surface area contributed by atoms with Crippen molar-refractivity contribution in [1.29, 1.82) is 0 Å². The van der Waals surface area contributed by atoms with Crippen LogP contribution in [0, 0.1) is 5.92 Å². The van der Waals surface area contributed by atoms with Gasteiger partial charge in [0.1, 0.15) is 0 Å². The van der Waals surface area contributed by atoms with Gasteiger partial charge in [0.05, 0.1) is 5.25 Å². The highest BCUT2D eigenvalue weighted by Crippen LogP contribution is 2.29. The fraction of sp³-hybridized carbons (Fsp3) is 1.00. The molecule has 3 unspecified atom stereocenters. The van der Waals surface area contributed by atoms with E-state index in [1.54, 1.807) is 0 Å². The molecule has 0 heterocycles. The van der Waals surface area contributed by atoms with Crippen LogP contribution in [0.4, 0.5) is 0 Å². The molecule has 0 aliphatic heterocycles. The molecule has 2 saturated carbocycles. The molecule has 0 saturated heterocycles. The molecule has 2 fully saturated rings. The third-order valence-corrected chi connectivity index (χ3v) is 6.36. The van der Waals surface area contributed by atoms with Crippen molar-refractivity contribution in [3.8, 4) is 0 Å². The van der Waals surface area contributed by atoms with Crippen molar-refractivity contribution in [3.05, 3.63) is 0 Å². The van der Waals surface area contributed by atoms with E-state index in [1.807, 2.05) is 0 Å². The Labute approximate surface area is 108 Å². The summed E-state index contributed by atoms with van der Waals surface area (Å²) in [7, 11) is -0.581. The number of hydrogen-bond acceptors (Lipinski definition) is 2. The van der Waals surface area contributed by atoms with E-state index in [-0.39, 0.29) is 0 Å². The van der Waals surface area contributed by atoms with E-state index in [0.29, 0.717) is 11.3 Å². The van der Waals surface area contributed by atoms with Crippen molar-refractivity contribution in [2.24, 2.45) is 5.92 Å². The van der Waals surface area contributed by atoms with Gasteiger partial charge in [-0.3, -0.25) is 4.21 Å². The molecule has 17 heavy (non-hydrogen) atoms. The number of hydrogen-bond donors (Lipinski definition) is 1. The van der Waals surface area contributed by atoms with E-state index in [2.05, 4.69) is 12.2 Å². The first-order valence-electron chi connectivity index (χ1n) is 7.41. The number of nitrogens with one attached hydrogen (secondary N) is 1. The molecule has 0 aromatic carbocycles. The quantitative estimate of drug-likeness (QED) is 0.793. The van der Waals surface area contributed by atoms with Crippen LogP contribution in [-0.2, 0) is 10.8 Å². The van der Waals surface area contributed by atoms with Crippen LogP contribution >= 0.6 is 0 Å². The van der Waals surface area contributed by atoms with Gasteiger partial charge in [-0.05, 0) is 44.6 Å². The van der Waals surface area contributed by atoms with Crippen molar-refractivity contribution in [2.45, 2.75) is 69.6 Å². The average Bonchev–Trinajstić information content (AvgIpc) is 2.96. The van der Waals surface area contributed by atoms with Gasteiger partial charge in [0, 0.05) is 22.6 Å². The van der Waals surface area contributed by atoms with Gasteiger partial charge < -0.3 is 5.32 Å². The first-order valence-corrected chi connectivity index (χ1v) is 8.80. The molecule has 2 aliphatic carbocycles. The molecule has 2 aliphatic rings. The van der Waals surface area contributed by atoms with Crippen LogP contribution in [0.3, 0.4) is 0 Å². The van der Waals surface area contributed by atoms with Crippen LogP contribution in [0.5, 0.6) is 0 Å². The summed E-state index contributed by atoms with van der Waals surface area (Å²) in [5.74, 6) is 1.75. The van der Waals surface area contributed by atoms with Crippen molar-refractivity contribution in [1.82, 2.24) is 5.32 Å². The summed E-state index contributed by atoms with van der Waals surface area (Å²) in [5, 5.41) is 4.04. The van der Waals surface area contributed by atoms with Gasteiger partial charge in [0.2, 0.25) is 0 Å². The summed E-state index contributed by atoms with van der Waals surface area (Å²) in [5.41, 5.74) is 0. The van der Waals surface area contributed by atoms with E-state index in [4.69, 9.17) is 0 Å². The molecule has 2 nitrogen and oxygen atoms in total. The lowest BCUT2D eigenvalue weighted by Gasteiger charge is -2.21. The largest absolute Gasteiger partial charge is 0.313 e. The fourth-order valence-electron chi connectivity index (χ4n) is 3.34. The molecule has 0 aromatic rings. The Morgan fingerprint density at radius 3 is 2.59 bits per heavy atom. The smallest absolute Gasteiger partial charge is 0.0501 e. The zero-order chi connectivity index (χ0) is 12.1. The second-order valence-corrected chi connectivity index (χ2v) is 7.43. The molecule has 0 spiro atoms. The SMILES string of the molecule is CCCNC1CCCC1S(=O)CC1CCCC1.